The largest absolute Gasteiger partial charge is 0.435 e. The number of likely N-dealkylation sites (N-methyl/N-ethyl adjacent to an activating group) is 1. The Morgan fingerprint density at radius 3 is 2.80 bits per heavy atom. The van der Waals surface area contributed by atoms with Gasteiger partial charge in [0.05, 0.1) is 0 Å². The van der Waals surface area contributed by atoms with Crippen LogP contribution in [0.25, 0.3) is 5.52 Å². The lowest BCUT2D eigenvalue weighted by molar-refractivity contribution is -0.141. The number of halogens is 3. The van der Waals surface area contributed by atoms with Crippen LogP contribution in [0, 0.1) is 0 Å². The molecule has 0 saturated carbocycles. The molecule has 0 aromatic carbocycles. The average Bonchev–Trinajstić information content (AvgIpc) is 3.14. The van der Waals surface area contributed by atoms with Crippen molar-refractivity contribution in [3.63, 3.8) is 0 Å². The first-order chi connectivity index (χ1) is 11.9. The van der Waals surface area contributed by atoms with Gasteiger partial charge in [0.1, 0.15) is 12.1 Å². The minimum atomic E-state index is -4.54. The van der Waals surface area contributed by atoms with Crippen molar-refractivity contribution in [1.29, 1.82) is 0 Å². The van der Waals surface area contributed by atoms with E-state index >= 15 is 0 Å². The van der Waals surface area contributed by atoms with Crippen molar-refractivity contribution in [3.8, 4) is 0 Å². The molecule has 3 heterocycles. The van der Waals surface area contributed by atoms with Crippen molar-refractivity contribution in [1.82, 2.24) is 29.7 Å². The molecular formula is C14H14F3N7O. The number of carbonyl (C=O) groups excluding carboxylic acids is 1. The number of alkyl halides is 3. The number of anilines is 2. The molecule has 0 unspecified atom stereocenters. The number of nitrogens with one attached hydrogen (secondary N) is 2. The van der Waals surface area contributed by atoms with Crippen molar-refractivity contribution in [3.05, 3.63) is 36.4 Å². The Bertz CT molecular complexity index is 899. The minimum absolute atomic E-state index is 0.0397. The van der Waals surface area contributed by atoms with E-state index < -0.39 is 11.9 Å². The number of aromatic nitrogens is 5. The van der Waals surface area contributed by atoms with Gasteiger partial charge in [-0.3, -0.25) is 9.48 Å². The zero-order valence-corrected chi connectivity index (χ0v) is 13.1. The van der Waals surface area contributed by atoms with Crippen LogP contribution in [-0.4, -0.2) is 36.8 Å². The van der Waals surface area contributed by atoms with Crippen LogP contribution in [-0.2, 0) is 17.5 Å². The second-order valence-electron chi connectivity index (χ2n) is 5.11. The maximum atomic E-state index is 12.8. The molecule has 0 aliphatic carbocycles. The van der Waals surface area contributed by atoms with Crippen LogP contribution in [0.1, 0.15) is 12.6 Å². The van der Waals surface area contributed by atoms with Crippen LogP contribution in [0.3, 0.4) is 0 Å². The van der Waals surface area contributed by atoms with Crippen LogP contribution in [0.2, 0.25) is 0 Å². The van der Waals surface area contributed by atoms with E-state index in [0.29, 0.717) is 12.4 Å². The van der Waals surface area contributed by atoms with E-state index in [0.717, 1.165) is 10.6 Å². The van der Waals surface area contributed by atoms with E-state index in [2.05, 4.69) is 25.8 Å². The maximum absolute atomic E-state index is 12.8. The Hall–Kier alpha value is -3.11. The highest BCUT2D eigenvalue weighted by Gasteiger charge is 2.34. The van der Waals surface area contributed by atoms with Gasteiger partial charge in [-0.1, -0.05) is 0 Å². The Morgan fingerprint density at radius 2 is 2.08 bits per heavy atom. The molecule has 2 N–H and O–H groups in total. The average molecular weight is 353 g/mol. The second-order valence-corrected chi connectivity index (χ2v) is 5.11. The Kier molecular flexibility index (Phi) is 4.30. The molecular weight excluding hydrogens is 339 g/mol. The highest BCUT2D eigenvalue weighted by Crippen LogP contribution is 2.30. The molecule has 0 spiro atoms. The van der Waals surface area contributed by atoms with Crippen molar-refractivity contribution in [2.75, 3.05) is 11.9 Å². The van der Waals surface area contributed by atoms with Gasteiger partial charge < -0.3 is 10.6 Å². The van der Waals surface area contributed by atoms with Gasteiger partial charge in [-0.25, -0.2) is 9.50 Å². The number of amides is 1. The smallest absolute Gasteiger partial charge is 0.355 e. The third kappa shape index (κ3) is 3.70. The molecule has 1 amide bonds. The molecule has 3 aromatic heterocycles. The van der Waals surface area contributed by atoms with Crippen LogP contribution in [0.15, 0.2) is 30.7 Å². The number of fused-ring (bicyclic) bond motifs is 1. The van der Waals surface area contributed by atoms with Gasteiger partial charge in [-0.15, -0.1) is 0 Å². The van der Waals surface area contributed by atoms with E-state index in [1.807, 2.05) is 0 Å². The fraction of sp³-hybridized carbons (Fsp3) is 0.286. The van der Waals surface area contributed by atoms with Crippen molar-refractivity contribution in [2.24, 2.45) is 0 Å². The summed E-state index contributed by atoms with van der Waals surface area (Å²) < 4.78 is 40.9. The fourth-order valence-electron chi connectivity index (χ4n) is 2.19. The van der Waals surface area contributed by atoms with Gasteiger partial charge in [-0.2, -0.15) is 23.4 Å². The quantitative estimate of drug-likeness (QED) is 0.730. The maximum Gasteiger partial charge on any atom is 0.435 e. The first-order valence-corrected chi connectivity index (χ1v) is 7.35. The number of hydrogen-bond donors (Lipinski definition) is 2. The molecule has 25 heavy (non-hydrogen) atoms. The molecule has 0 bridgehead atoms. The summed E-state index contributed by atoms with van der Waals surface area (Å²) in [6.45, 7) is 2.36. The van der Waals surface area contributed by atoms with Gasteiger partial charge in [0, 0.05) is 37.3 Å². The van der Waals surface area contributed by atoms with E-state index in [9.17, 15) is 18.0 Å². The third-order valence-electron chi connectivity index (χ3n) is 3.25. The van der Waals surface area contributed by atoms with Crippen molar-refractivity contribution in [2.45, 2.75) is 19.6 Å². The van der Waals surface area contributed by atoms with Crippen molar-refractivity contribution >= 4 is 23.1 Å². The molecule has 0 fully saturated rings. The summed E-state index contributed by atoms with van der Waals surface area (Å²) >= 11 is 0. The zero-order valence-electron chi connectivity index (χ0n) is 13.1. The standard InChI is InChI=1S/C14H14F3N7O/c1-2-18-12(25)8-23-5-3-11(22-23)20-13-9-7-10(14(15,16)17)21-24(9)6-4-19-13/h3-7H,2,8H2,1H3,(H,18,25)(H,19,20,22). The highest BCUT2D eigenvalue weighted by atomic mass is 19.4. The van der Waals surface area contributed by atoms with E-state index in [1.165, 1.54) is 17.1 Å². The summed E-state index contributed by atoms with van der Waals surface area (Å²) in [6.07, 6.45) is -0.315. The fourth-order valence-corrected chi connectivity index (χ4v) is 2.19. The molecule has 0 saturated heterocycles. The predicted octanol–water partition coefficient (Wildman–Crippen LogP) is 1.82. The molecule has 0 aliphatic rings. The molecule has 8 nitrogen and oxygen atoms in total. The monoisotopic (exact) mass is 353 g/mol. The van der Waals surface area contributed by atoms with E-state index in [1.54, 1.807) is 19.2 Å². The molecule has 11 heteroatoms. The van der Waals surface area contributed by atoms with Crippen molar-refractivity contribution < 1.29 is 18.0 Å². The zero-order chi connectivity index (χ0) is 18.0. The lowest BCUT2D eigenvalue weighted by Crippen LogP contribution is -2.27. The summed E-state index contributed by atoms with van der Waals surface area (Å²) in [7, 11) is 0. The minimum Gasteiger partial charge on any atom is -0.355 e. The van der Waals surface area contributed by atoms with Gasteiger partial charge in [0.2, 0.25) is 5.91 Å². The summed E-state index contributed by atoms with van der Waals surface area (Å²) in [5.41, 5.74) is -0.849. The SMILES string of the molecule is CCNC(=O)Cn1ccc(Nc2nccn3nc(C(F)(F)F)cc23)n1. The van der Waals surface area contributed by atoms with Gasteiger partial charge in [0.25, 0.3) is 0 Å². The molecule has 3 rings (SSSR count). The molecule has 0 atom stereocenters. The van der Waals surface area contributed by atoms with Gasteiger partial charge in [-0.05, 0) is 6.92 Å². The highest BCUT2D eigenvalue weighted by molar-refractivity contribution is 5.75. The third-order valence-corrected chi connectivity index (χ3v) is 3.25. The van der Waals surface area contributed by atoms with E-state index in [-0.39, 0.29) is 23.8 Å². The topological polar surface area (TPSA) is 89.1 Å². The lowest BCUT2D eigenvalue weighted by atomic mass is 10.3. The molecule has 132 valence electrons. The number of rotatable bonds is 5. The van der Waals surface area contributed by atoms with Gasteiger partial charge >= 0.3 is 6.18 Å². The normalized spacial score (nSPS) is 11.7. The second kappa shape index (κ2) is 6.42. The number of hydrogen-bond acceptors (Lipinski definition) is 5. The molecule has 0 aliphatic heterocycles. The molecule has 3 aromatic rings. The van der Waals surface area contributed by atoms with Crippen LogP contribution >= 0.6 is 0 Å². The summed E-state index contributed by atoms with van der Waals surface area (Å²) in [4.78, 5) is 15.6. The predicted molar refractivity (Wildman–Crippen MR) is 82.2 cm³/mol. The number of carbonyl (C=O) groups is 1. The Morgan fingerprint density at radius 1 is 1.28 bits per heavy atom. The Balaban J connectivity index is 1.82. The van der Waals surface area contributed by atoms with Crippen LogP contribution in [0.4, 0.5) is 24.8 Å². The summed E-state index contributed by atoms with van der Waals surface area (Å²) in [5, 5.41) is 13.1. The summed E-state index contributed by atoms with van der Waals surface area (Å²) in [5.74, 6) is 0.330. The first-order valence-electron chi connectivity index (χ1n) is 7.35. The van der Waals surface area contributed by atoms with Crippen LogP contribution in [0.5, 0.6) is 0 Å². The number of nitrogens with zero attached hydrogens (tertiary/aromatic N) is 5. The first kappa shape index (κ1) is 16.7. The van der Waals surface area contributed by atoms with Crippen LogP contribution < -0.4 is 10.6 Å². The van der Waals surface area contributed by atoms with Gasteiger partial charge in [0.15, 0.2) is 17.3 Å². The lowest BCUT2D eigenvalue weighted by Gasteiger charge is -2.04. The summed E-state index contributed by atoms with van der Waals surface area (Å²) in [6, 6.07) is 2.49. The Labute approximate surface area is 139 Å². The van der Waals surface area contributed by atoms with E-state index in [4.69, 9.17) is 0 Å². The molecule has 0 radical (unpaired) electrons.